The van der Waals surface area contributed by atoms with Crippen LogP contribution in [0, 0.1) is 20.8 Å². The molecule has 2 aliphatic rings. The fourth-order valence-corrected chi connectivity index (χ4v) is 3.03. The van der Waals surface area contributed by atoms with Crippen LogP contribution in [0.3, 0.4) is 0 Å². The number of nitrogens with zero attached hydrogens (tertiary/aromatic N) is 2. The number of hydrazone groups is 1. The Morgan fingerprint density at radius 1 is 1.24 bits per heavy atom. The first-order valence-corrected chi connectivity index (χ1v) is 8.07. The zero-order chi connectivity index (χ0) is 18.4. The Hall–Kier alpha value is -2.77. The molecule has 2 aliphatic heterocycles. The van der Waals surface area contributed by atoms with Gasteiger partial charge in [0.15, 0.2) is 0 Å². The van der Waals surface area contributed by atoms with Gasteiger partial charge < -0.3 is 18.9 Å². The molecule has 0 saturated carbocycles. The Bertz CT molecular complexity index is 788. The molecule has 0 aromatic heterocycles. The van der Waals surface area contributed by atoms with E-state index in [0.29, 0.717) is 11.3 Å². The summed E-state index contributed by atoms with van der Waals surface area (Å²) in [4.78, 5) is 25.2. The largest absolute Gasteiger partial charge is 0.450 e. The molecule has 1 aromatic carbocycles. The molecule has 3 rings (SSSR count). The van der Waals surface area contributed by atoms with Crippen molar-refractivity contribution < 1.29 is 28.5 Å². The SMILES string of the molecule is CCOC(=O)N1N=C(OCC)OC12C(=O)Oc1c(C)c(C)cc(C)c12. The number of fused-ring (bicyclic) bond motifs is 2. The van der Waals surface area contributed by atoms with Crippen LogP contribution in [0.4, 0.5) is 4.79 Å². The van der Waals surface area contributed by atoms with Gasteiger partial charge >= 0.3 is 23.9 Å². The monoisotopic (exact) mass is 348 g/mol. The molecule has 1 aromatic rings. The summed E-state index contributed by atoms with van der Waals surface area (Å²) < 4.78 is 21.5. The highest BCUT2D eigenvalue weighted by Gasteiger charge is 2.65. The lowest BCUT2D eigenvalue weighted by atomic mass is 9.93. The van der Waals surface area contributed by atoms with Gasteiger partial charge in [-0.25, -0.2) is 9.59 Å². The number of hydrogen-bond donors (Lipinski definition) is 0. The summed E-state index contributed by atoms with van der Waals surface area (Å²) >= 11 is 0. The van der Waals surface area contributed by atoms with Gasteiger partial charge in [0.1, 0.15) is 5.75 Å². The van der Waals surface area contributed by atoms with E-state index in [0.717, 1.165) is 21.7 Å². The lowest BCUT2D eigenvalue weighted by Crippen LogP contribution is -2.50. The minimum absolute atomic E-state index is 0.124. The van der Waals surface area contributed by atoms with E-state index in [2.05, 4.69) is 5.10 Å². The molecule has 0 bridgehead atoms. The molecule has 1 spiro atoms. The van der Waals surface area contributed by atoms with Crippen LogP contribution in [0.25, 0.3) is 0 Å². The molecule has 134 valence electrons. The van der Waals surface area contributed by atoms with Crippen molar-refractivity contribution >= 4 is 18.1 Å². The highest BCUT2D eigenvalue weighted by atomic mass is 16.7. The zero-order valence-electron chi connectivity index (χ0n) is 14.8. The first kappa shape index (κ1) is 17.1. The lowest BCUT2D eigenvalue weighted by Gasteiger charge is -2.27. The molecule has 1 amide bonds. The number of ether oxygens (including phenoxy) is 4. The van der Waals surface area contributed by atoms with Crippen LogP contribution in [0.1, 0.15) is 36.1 Å². The second-order valence-electron chi connectivity index (χ2n) is 5.78. The fourth-order valence-electron chi connectivity index (χ4n) is 3.03. The van der Waals surface area contributed by atoms with Crippen LogP contribution >= 0.6 is 0 Å². The summed E-state index contributed by atoms with van der Waals surface area (Å²) in [5.41, 5.74) is 1.07. The first-order chi connectivity index (χ1) is 11.9. The normalized spacial score (nSPS) is 20.9. The Kier molecular flexibility index (Phi) is 4.06. The molecule has 2 heterocycles. The van der Waals surface area contributed by atoms with Crippen molar-refractivity contribution in [2.45, 2.75) is 40.3 Å². The summed E-state index contributed by atoms with van der Waals surface area (Å²) in [5.74, 6) is -0.379. The summed E-state index contributed by atoms with van der Waals surface area (Å²) in [6.07, 6.45) is -1.00. The molecule has 1 unspecified atom stereocenters. The molecule has 0 N–H and O–H groups in total. The van der Waals surface area contributed by atoms with E-state index in [9.17, 15) is 9.59 Å². The maximum atomic E-state index is 12.8. The highest BCUT2D eigenvalue weighted by molar-refractivity contribution is 5.96. The van der Waals surface area contributed by atoms with Gasteiger partial charge in [-0.15, -0.1) is 5.01 Å². The van der Waals surface area contributed by atoms with E-state index in [1.54, 1.807) is 13.8 Å². The molecule has 0 aliphatic carbocycles. The van der Waals surface area contributed by atoms with Crippen molar-refractivity contribution in [1.82, 2.24) is 5.01 Å². The number of carbonyl (C=O) groups is 2. The summed E-state index contributed by atoms with van der Waals surface area (Å²) in [6.45, 7) is 9.37. The zero-order valence-corrected chi connectivity index (χ0v) is 14.8. The molecule has 1 atom stereocenters. The van der Waals surface area contributed by atoms with Gasteiger partial charge in [0.05, 0.1) is 18.8 Å². The van der Waals surface area contributed by atoms with Crippen molar-refractivity contribution in [3.63, 3.8) is 0 Å². The third-order valence-corrected chi connectivity index (χ3v) is 4.22. The van der Waals surface area contributed by atoms with Crippen molar-refractivity contribution in [3.05, 3.63) is 28.3 Å². The second-order valence-corrected chi connectivity index (χ2v) is 5.78. The van der Waals surface area contributed by atoms with E-state index < -0.39 is 17.8 Å². The Morgan fingerprint density at radius 3 is 2.60 bits per heavy atom. The molecule has 0 fully saturated rings. The van der Waals surface area contributed by atoms with Crippen LogP contribution in [0.2, 0.25) is 0 Å². The van der Waals surface area contributed by atoms with Crippen LogP contribution < -0.4 is 4.74 Å². The Morgan fingerprint density at radius 2 is 1.96 bits per heavy atom. The lowest BCUT2D eigenvalue weighted by molar-refractivity contribution is -0.164. The van der Waals surface area contributed by atoms with Crippen LogP contribution in [-0.4, -0.2) is 36.4 Å². The number of benzene rings is 1. The predicted octanol–water partition coefficient (Wildman–Crippen LogP) is 2.48. The van der Waals surface area contributed by atoms with Crippen molar-refractivity contribution in [2.75, 3.05) is 13.2 Å². The third-order valence-electron chi connectivity index (χ3n) is 4.22. The van der Waals surface area contributed by atoms with E-state index in [-0.39, 0.29) is 19.3 Å². The quantitative estimate of drug-likeness (QED) is 0.603. The van der Waals surface area contributed by atoms with Gasteiger partial charge in [-0.3, -0.25) is 0 Å². The number of rotatable bonds is 2. The van der Waals surface area contributed by atoms with Crippen LogP contribution in [0.15, 0.2) is 11.2 Å². The van der Waals surface area contributed by atoms with Crippen molar-refractivity contribution in [1.29, 1.82) is 0 Å². The second kappa shape index (κ2) is 5.94. The van der Waals surface area contributed by atoms with Gasteiger partial charge in [-0.2, -0.15) is 0 Å². The fraction of sp³-hybridized carbons (Fsp3) is 0.471. The van der Waals surface area contributed by atoms with Gasteiger partial charge in [0.2, 0.25) is 0 Å². The minimum atomic E-state index is -1.87. The summed E-state index contributed by atoms with van der Waals surface area (Å²) in [5, 5.41) is 4.86. The smallest absolute Gasteiger partial charge is 0.435 e. The number of esters is 1. The van der Waals surface area contributed by atoms with Crippen molar-refractivity contribution in [2.24, 2.45) is 5.10 Å². The molecule has 0 radical (unpaired) electrons. The van der Waals surface area contributed by atoms with E-state index >= 15 is 0 Å². The predicted molar refractivity (Wildman–Crippen MR) is 87.0 cm³/mol. The minimum Gasteiger partial charge on any atom is -0.450 e. The Balaban J connectivity index is 2.20. The van der Waals surface area contributed by atoms with Crippen LogP contribution in [0.5, 0.6) is 5.75 Å². The molecular formula is C17H20N2O6. The molecule has 8 nitrogen and oxygen atoms in total. The number of hydrogen-bond acceptors (Lipinski definition) is 7. The van der Waals surface area contributed by atoms with Gasteiger partial charge in [0.25, 0.3) is 0 Å². The number of amides is 1. The average molecular weight is 348 g/mol. The van der Waals surface area contributed by atoms with Crippen LogP contribution in [-0.2, 0) is 24.7 Å². The van der Waals surface area contributed by atoms with Gasteiger partial charge in [-0.1, -0.05) is 11.2 Å². The third kappa shape index (κ3) is 2.32. The maximum absolute atomic E-state index is 12.8. The average Bonchev–Trinajstić information content (AvgIpc) is 3.06. The topological polar surface area (TPSA) is 86.7 Å². The summed E-state index contributed by atoms with van der Waals surface area (Å²) in [6, 6.07) is 1.91. The van der Waals surface area contributed by atoms with E-state index in [1.807, 2.05) is 26.8 Å². The standard InChI is InChI=1S/C17H20N2O6/c1-6-22-15-18-19(16(21)23-7-2)17(25-15)12-10(4)8-9(3)11(5)13(12)24-14(17)20/h8H,6-7H2,1-5H3. The van der Waals surface area contributed by atoms with Crippen molar-refractivity contribution in [3.8, 4) is 5.75 Å². The molecule has 0 saturated heterocycles. The number of carbonyl (C=O) groups excluding carboxylic acids is 2. The Labute approximate surface area is 145 Å². The molecular weight excluding hydrogens is 328 g/mol. The summed E-state index contributed by atoms with van der Waals surface area (Å²) in [7, 11) is 0. The maximum Gasteiger partial charge on any atom is 0.435 e. The van der Waals surface area contributed by atoms with Gasteiger partial charge in [-0.05, 0) is 51.3 Å². The first-order valence-electron chi connectivity index (χ1n) is 8.07. The molecule has 8 heteroatoms. The van der Waals surface area contributed by atoms with Gasteiger partial charge in [0, 0.05) is 0 Å². The molecule has 25 heavy (non-hydrogen) atoms. The highest BCUT2D eigenvalue weighted by Crippen LogP contribution is 2.50. The van der Waals surface area contributed by atoms with E-state index in [4.69, 9.17) is 18.9 Å². The van der Waals surface area contributed by atoms with E-state index in [1.165, 1.54) is 0 Å². The number of aryl methyl sites for hydroxylation is 2.